The van der Waals surface area contributed by atoms with Gasteiger partial charge in [0, 0.05) is 26.5 Å². The molecule has 310 valence electrons. The fourth-order valence-corrected chi connectivity index (χ4v) is 6.26. The molecule has 0 fully saturated rings. The maximum atomic E-state index is 12.4. The topological polar surface area (TPSA) is 74.3 Å². The number of unbranched alkanes of at least 4 members (excludes halogenated alkanes) is 18. The van der Waals surface area contributed by atoms with Crippen molar-refractivity contribution in [3.05, 3.63) is 36.5 Å². The molecule has 53 heavy (non-hydrogen) atoms. The molecule has 7 heteroatoms. The van der Waals surface area contributed by atoms with Gasteiger partial charge < -0.3 is 23.8 Å². The molecule has 0 saturated carbocycles. The molecule has 0 N–H and O–H groups in total. The highest BCUT2D eigenvalue weighted by Crippen LogP contribution is 2.16. The van der Waals surface area contributed by atoms with E-state index in [1.54, 1.807) is 0 Å². The van der Waals surface area contributed by atoms with E-state index < -0.39 is 6.16 Å². The lowest BCUT2D eigenvalue weighted by molar-refractivity contribution is -0.146. The number of esters is 1. The van der Waals surface area contributed by atoms with Gasteiger partial charge in [0.15, 0.2) is 0 Å². The third kappa shape index (κ3) is 40.9. The van der Waals surface area contributed by atoms with Crippen molar-refractivity contribution in [3.63, 3.8) is 0 Å². The van der Waals surface area contributed by atoms with Crippen LogP contribution in [0, 0.1) is 0 Å². The van der Waals surface area contributed by atoms with Gasteiger partial charge in [-0.25, -0.2) is 4.79 Å². The van der Waals surface area contributed by atoms with Crippen molar-refractivity contribution in [2.75, 3.05) is 40.5 Å². The van der Waals surface area contributed by atoms with Gasteiger partial charge in [0.1, 0.15) is 12.2 Å². The molecular weight excluding hydrogens is 663 g/mol. The minimum atomic E-state index is -0.574. The predicted octanol–water partition coefficient (Wildman–Crippen LogP) is 13.3. The van der Waals surface area contributed by atoms with E-state index in [0.717, 1.165) is 70.8 Å². The van der Waals surface area contributed by atoms with E-state index in [9.17, 15) is 9.59 Å². The maximum Gasteiger partial charge on any atom is 0.508 e. The molecule has 0 saturated heterocycles. The fourth-order valence-electron chi connectivity index (χ4n) is 6.26. The van der Waals surface area contributed by atoms with Crippen LogP contribution in [0.25, 0.3) is 0 Å². The van der Waals surface area contributed by atoms with Crippen molar-refractivity contribution in [1.82, 2.24) is 4.90 Å². The third-order valence-corrected chi connectivity index (χ3v) is 9.45. The molecular formula is C46H85NO6. The Kier molecular flexibility index (Phi) is 39.4. The second-order valence-electron chi connectivity index (χ2n) is 15.1. The van der Waals surface area contributed by atoms with E-state index in [0.29, 0.717) is 19.8 Å². The summed E-state index contributed by atoms with van der Waals surface area (Å²) in [4.78, 5) is 25.9. The SMILES string of the molecule is CCCCC/C=C\C/C=C\CCCCCCCCOCC(CCCCCCCCC=CCC(CCCCCC)OC(C)=O)OC(=O)OCCCN(C)C. The summed E-state index contributed by atoms with van der Waals surface area (Å²) in [7, 11) is 4.03. The Morgan fingerprint density at radius 3 is 1.66 bits per heavy atom. The Morgan fingerprint density at radius 1 is 0.547 bits per heavy atom. The summed E-state index contributed by atoms with van der Waals surface area (Å²) in [5.74, 6) is -0.178. The zero-order valence-electron chi connectivity index (χ0n) is 35.4. The van der Waals surface area contributed by atoms with Crippen molar-refractivity contribution in [2.24, 2.45) is 0 Å². The maximum absolute atomic E-state index is 12.4. The average Bonchev–Trinajstić information content (AvgIpc) is 3.13. The van der Waals surface area contributed by atoms with Crippen LogP contribution in [-0.4, -0.2) is 69.7 Å². The number of allylic oxidation sites excluding steroid dienone is 5. The molecule has 0 rings (SSSR count). The molecule has 0 aromatic carbocycles. The summed E-state index contributed by atoms with van der Waals surface area (Å²) < 4.78 is 22.5. The summed E-state index contributed by atoms with van der Waals surface area (Å²) >= 11 is 0. The average molecular weight is 748 g/mol. The summed E-state index contributed by atoms with van der Waals surface area (Å²) in [5, 5.41) is 0. The Balaban J connectivity index is 4.17. The largest absolute Gasteiger partial charge is 0.508 e. The normalized spacial score (nSPS) is 13.1. The first-order chi connectivity index (χ1) is 25.9. The molecule has 2 unspecified atom stereocenters. The lowest BCUT2D eigenvalue weighted by atomic mass is 10.0. The lowest BCUT2D eigenvalue weighted by Gasteiger charge is -2.18. The van der Waals surface area contributed by atoms with Crippen LogP contribution >= 0.6 is 0 Å². The molecule has 0 aliphatic carbocycles. The summed E-state index contributed by atoms with van der Waals surface area (Å²) in [5.41, 5.74) is 0. The van der Waals surface area contributed by atoms with Gasteiger partial charge in [0.05, 0.1) is 13.2 Å². The van der Waals surface area contributed by atoms with E-state index in [4.69, 9.17) is 18.9 Å². The minimum Gasteiger partial charge on any atom is -0.462 e. The first-order valence-electron chi connectivity index (χ1n) is 22.1. The van der Waals surface area contributed by atoms with E-state index >= 15 is 0 Å². The Bertz CT molecular complexity index is 885. The summed E-state index contributed by atoms with van der Waals surface area (Å²) in [6.45, 7) is 8.37. The molecule has 0 aliphatic heterocycles. The predicted molar refractivity (Wildman–Crippen MR) is 225 cm³/mol. The van der Waals surface area contributed by atoms with E-state index in [1.165, 1.54) is 116 Å². The van der Waals surface area contributed by atoms with Crippen molar-refractivity contribution < 1.29 is 28.5 Å². The fraction of sp³-hybridized carbons (Fsp3) is 0.826. The standard InChI is InChI=1S/C46H85NO6/c1-6-8-10-12-13-14-15-16-17-18-19-20-24-27-30-34-40-50-42-45(53-46(49)51-41-35-39-47(4)5)38-33-29-26-23-21-22-25-28-32-37-44(52-43(3)48)36-31-11-9-7-2/h13-14,16-17,28,32,44-45H,6-12,15,18-27,29-31,33-42H2,1-5H3/b14-13-,17-16-,32-28?. The van der Waals surface area contributed by atoms with Gasteiger partial charge in [-0.3, -0.25) is 4.79 Å². The molecule has 2 atom stereocenters. The van der Waals surface area contributed by atoms with Crippen LogP contribution in [0.15, 0.2) is 36.5 Å². The van der Waals surface area contributed by atoms with Gasteiger partial charge in [-0.05, 0) is 97.6 Å². The van der Waals surface area contributed by atoms with Gasteiger partial charge in [0.25, 0.3) is 0 Å². The second kappa shape index (κ2) is 41.1. The number of hydrogen-bond donors (Lipinski definition) is 0. The van der Waals surface area contributed by atoms with Crippen molar-refractivity contribution in [3.8, 4) is 0 Å². The number of nitrogens with zero attached hydrogens (tertiary/aromatic N) is 1. The Morgan fingerprint density at radius 2 is 1.06 bits per heavy atom. The first kappa shape index (κ1) is 50.9. The minimum absolute atomic E-state index is 0.0132. The number of hydrogen-bond acceptors (Lipinski definition) is 7. The summed E-state index contributed by atoms with van der Waals surface area (Å²) in [6, 6.07) is 0. The smallest absolute Gasteiger partial charge is 0.462 e. The molecule has 0 aromatic rings. The van der Waals surface area contributed by atoms with Gasteiger partial charge >= 0.3 is 12.1 Å². The Hall–Kier alpha value is -2.12. The van der Waals surface area contributed by atoms with E-state index in [1.807, 2.05) is 14.1 Å². The molecule has 0 aromatic heterocycles. The molecule has 7 nitrogen and oxygen atoms in total. The van der Waals surface area contributed by atoms with Gasteiger partial charge in [-0.1, -0.05) is 134 Å². The highest BCUT2D eigenvalue weighted by molar-refractivity contribution is 5.66. The van der Waals surface area contributed by atoms with Crippen LogP contribution < -0.4 is 0 Å². The quantitative estimate of drug-likeness (QED) is 0.0352. The molecule has 0 heterocycles. The zero-order valence-corrected chi connectivity index (χ0v) is 35.4. The Labute approximate surface area is 328 Å². The van der Waals surface area contributed by atoms with Crippen LogP contribution in [0.3, 0.4) is 0 Å². The summed E-state index contributed by atoms with van der Waals surface area (Å²) in [6.07, 6.45) is 43.8. The number of carbonyl (C=O) groups excluding carboxylic acids is 2. The number of carbonyl (C=O) groups is 2. The van der Waals surface area contributed by atoms with Crippen molar-refractivity contribution in [1.29, 1.82) is 0 Å². The van der Waals surface area contributed by atoms with Gasteiger partial charge in [0.2, 0.25) is 0 Å². The van der Waals surface area contributed by atoms with Crippen LogP contribution in [-0.2, 0) is 23.7 Å². The molecule has 0 bridgehead atoms. The monoisotopic (exact) mass is 748 g/mol. The molecule has 0 aliphatic rings. The lowest BCUT2D eigenvalue weighted by Crippen LogP contribution is -2.25. The molecule has 0 spiro atoms. The second-order valence-corrected chi connectivity index (χ2v) is 15.1. The number of rotatable bonds is 39. The highest BCUT2D eigenvalue weighted by Gasteiger charge is 2.16. The van der Waals surface area contributed by atoms with E-state index in [-0.39, 0.29) is 18.2 Å². The van der Waals surface area contributed by atoms with Gasteiger partial charge in [-0.2, -0.15) is 0 Å². The molecule has 0 radical (unpaired) electrons. The zero-order chi connectivity index (χ0) is 38.9. The van der Waals surface area contributed by atoms with Gasteiger partial charge in [-0.15, -0.1) is 0 Å². The van der Waals surface area contributed by atoms with Crippen LogP contribution in [0.5, 0.6) is 0 Å². The van der Waals surface area contributed by atoms with E-state index in [2.05, 4.69) is 55.2 Å². The van der Waals surface area contributed by atoms with Crippen LogP contribution in [0.1, 0.15) is 194 Å². The number of ether oxygens (including phenoxy) is 4. The molecule has 0 amide bonds. The van der Waals surface area contributed by atoms with Crippen LogP contribution in [0.2, 0.25) is 0 Å². The first-order valence-corrected chi connectivity index (χ1v) is 22.1. The van der Waals surface area contributed by atoms with Crippen LogP contribution in [0.4, 0.5) is 4.79 Å². The third-order valence-electron chi connectivity index (χ3n) is 9.45. The highest BCUT2D eigenvalue weighted by atomic mass is 16.7. The van der Waals surface area contributed by atoms with Crippen molar-refractivity contribution >= 4 is 12.1 Å². The van der Waals surface area contributed by atoms with Crippen molar-refractivity contribution in [2.45, 2.75) is 206 Å².